The van der Waals surface area contributed by atoms with Gasteiger partial charge < -0.3 is 39.7 Å². The third kappa shape index (κ3) is 5.78. The lowest BCUT2D eigenvalue weighted by Gasteiger charge is -2.42. The highest BCUT2D eigenvalue weighted by Gasteiger charge is 2.46. The van der Waals surface area contributed by atoms with Gasteiger partial charge in [0.2, 0.25) is 0 Å². The molecule has 3 rings (SSSR count). The van der Waals surface area contributed by atoms with E-state index in [1.807, 2.05) is 0 Å². The molecule has 0 spiro atoms. The standard InChI is InChI=1S/C21H28O9/c22-13-8-5-12(6-9-13)7-10-17(24)28-11-16-18(25)19(26)20(27)21(30-16)29-15-4-2-1-3-14(15)23/h5-10,14-16,18-23,25-27H,1-4,11H2. The van der Waals surface area contributed by atoms with Crippen LogP contribution >= 0.6 is 0 Å². The second-order valence-corrected chi connectivity index (χ2v) is 7.60. The highest BCUT2D eigenvalue weighted by Crippen LogP contribution is 2.28. The Morgan fingerprint density at radius 3 is 2.43 bits per heavy atom. The number of phenolic OH excluding ortho intramolecular Hbond substituents is 1. The lowest BCUT2D eigenvalue weighted by molar-refractivity contribution is -0.319. The van der Waals surface area contributed by atoms with Crippen LogP contribution in [0, 0.1) is 0 Å². The highest BCUT2D eigenvalue weighted by molar-refractivity contribution is 5.87. The minimum Gasteiger partial charge on any atom is -0.508 e. The van der Waals surface area contributed by atoms with Gasteiger partial charge in [-0.25, -0.2) is 4.79 Å². The Morgan fingerprint density at radius 1 is 1.03 bits per heavy atom. The van der Waals surface area contributed by atoms with Gasteiger partial charge in [-0.2, -0.15) is 0 Å². The van der Waals surface area contributed by atoms with Gasteiger partial charge in [0.05, 0.1) is 12.2 Å². The number of aliphatic hydroxyl groups excluding tert-OH is 4. The zero-order valence-corrected chi connectivity index (χ0v) is 16.4. The van der Waals surface area contributed by atoms with Crippen LogP contribution < -0.4 is 0 Å². The van der Waals surface area contributed by atoms with E-state index in [1.165, 1.54) is 24.3 Å². The van der Waals surface area contributed by atoms with E-state index in [0.717, 1.165) is 12.8 Å². The number of carbonyl (C=O) groups is 1. The van der Waals surface area contributed by atoms with E-state index in [-0.39, 0.29) is 12.4 Å². The van der Waals surface area contributed by atoms with Crippen molar-refractivity contribution in [2.75, 3.05) is 6.61 Å². The fourth-order valence-electron chi connectivity index (χ4n) is 3.54. The molecule has 1 aliphatic carbocycles. The number of aliphatic hydroxyl groups is 4. The largest absolute Gasteiger partial charge is 0.508 e. The van der Waals surface area contributed by atoms with Crippen molar-refractivity contribution in [3.63, 3.8) is 0 Å². The van der Waals surface area contributed by atoms with E-state index in [4.69, 9.17) is 14.2 Å². The highest BCUT2D eigenvalue weighted by atomic mass is 16.7. The quantitative estimate of drug-likeness (QED) is 0.316. The summed E-state index contributed by atoms with van der Waals surface area (Å²) in [5.74, 6) is -0.587. The number of carbonyl (C=O) groups excluding carboxylic acids is 1. The maximum Gasteiger partial charge on any atom is 0.330 e. The molecule has 2 aliphatic rings. The van der Waals surface area contributed by atoms with Gasteiger partial charge in [0.1, 0.15) is 36.8 Å². The van der Waals surface area contributed by atoms with E-state index in [9.17, 15) is 30.3 Å². The van der Waals surface area contributed by atoms with E-state index < -0.39 is 48.9 Å². The lowest BCUT2D eigenvalue weighted by atomic mass is 9.94. The number of aromatic hydroxyl groups is 1. The van der Waals surface area contributed by atoms with Gasteiger partial charge in [0.15, 0.2) is 6.29 Å². The van der Waals surface area contributed by atoms with Crippen molar-refractivity contribution in [3.8, 4) is 5.75 Å². The molecule has 0 radical (unpaired) electrons. The molecular weight excluding hydrogens is 396 g/mol. The van der Waals surface area contributed by atoms with Gasteiger partial charge in [-0.05, 0) is 36.6 Å². The summed E-state index contributed by atoms with van der Waals surface area (Å²) in [4.78, 5) is 11.9. The van der Waals surface area contributed by atoms with E-state index in [2.05, 4.69) is 0 Å². The summed E-state index contributed by atoms with van der Waals surface area (Å²) in [6.45, 7) is -0.364. The fraction of sp³-hybridized carbons (Fsp3) is 0.571. The summed E-state index contributed by atoms with van der Waals surface area (Å²) in [6, 6.07) is 6.19. The monoisotopic (exact) mass is 424 g/mol. The number of esters is 1. The van der Waals surface area contributed by atoms with Gasteiger partial charge in [0, 0.05) is 6.08 Å². The van der Waals surface area contributed by atoms with E-state index in [1.54, 1.807) is 12.1 Å². The number of phenols is 1. The molecule has 0 aromatic heterocycles. The molecule has 1 saturated carbocycles. The second-order valence-electron chi connectivity index (χ2n) is 7.60. The number of benzene rings is 1. The zero-order valence-electron chi connectivity index (χ0n) is 16.4. The van der Waals surface area contributed by atoms with E-state index in [0.29, 0.717) is 18.4 Å². The third-order valence-electron chi connectivity index (χ3n) is 5.34. The van der Waals surface area contributed by atoms with Crippen LogP contribution in [0.2, 0.25) is 0 Å². The molecule has 0 bridgehead atoms. The summed E-state index contributed by atoms with van der Waals surface area (Å²) in [7, 11) is 0. The van der Waals surface area contributed by atoms with Crippen molar-refractivity contribution in [2.45, 2.75) is 68.6 Å². The number of hydrogen-bond acceptors (Lipinski definition) is 9. The predicted octanol–water partition coefficient (Wildman–Crippen LogP) is 0.0763. The predicted molar refractivity (Wildman–Crippen MR) is 104 cm³/mol. The van der Waals surface area contributed by atoms with Crippen molar-refractivity contribution in [2.24, 2.45) is 0 Å². The molecule has 2 fully saturated rings. The van der Waals surface area contributed by atoms with Crippen LogP contribution in [0.4, 0.5) is 0 Å². The lowest BCUT2D eigenvalue weighted by Crippen LogP contribution is -2.60. The summed E-state index contributed by atoms with van der Waals surface area (Å²) in [6.07, 6.45) is -2.57. The van der Waals surface area contributed by atoms with E-state index >= 15 is 0 Å². The fourth-order valence-corrected chi connectivity index (χ4v) is 3.54. The Labute approximate surface area is 174 Å². The third-order valence-corrected chi connectivity index (χ3v) is 5.34. The summed E-state index contributed by atoms with van der Waals surface area (Å²) < 4.78 is 16.3. The zero-order chi connectivity index (χ0) is 21.7. The summed E-state index contributed by atoms with van der Waals surface area (Å²) >= 11 is 0. The smallest absolute Gasteiger partial charge is 0.330 e. The van der Waals surface area contributed by atoms with Crippen LogP contribution in [0.15, 0.2) is 30.3 Å². The van der Waals surface area contributed by atoms with Crippen molar-refractivity contribution in [1.29, 1.82) is 0 Å². The minimum absolute atomic E-state index is 0.108. The first kappa shape index (κ1) is 22.7. The normalized spacial score (nSPS) is 34.7. The molecule has 1 heterocycles. The first-order valence-electron chi connectivity index (χ1n) is 10.0. The van der Waals surface area contributed by atoms with Gasteiger partial charge >= 0.3 is 5.97 Å². The Hall–Kier alpha value is -2.01. The molecule has 1 aromatic carbocycles. The molecular formula is C21H28O9. The van der Waals surface area contributed by atoms with Crippen LogP contribution in [0.1, 0.15) is 31.2 Å². The van der Waals surface area contributed by atoms with Crippen LogP contribution in [0.5, 0.6) is 5.75 Å². The number of ether oxygens (including phenoxy) is 3. The van der Waals surface area contributed by atoms with Gasteiger partial charge in [-0.3, -0.25) is 0 Å². The van der Waals surface area contributed by atoms with Crippen molar-refractivity contribution in [3.05, 3.63) is 35.9 Å². The summed E-state index contributed by atoms with van der Waals surface area (Å²) in [5.41, 5.74) is 0.678. The van der Waals surface area contributed by atoms with Gasteiger partial charge in [-0.1, -0.05) is 25.0 Å². The first-order valence-corrected chi connectivity index (χ1v) is 10.0. The average molecular weight is 424 g/mol. The Bertz CT molecular complexity index is 720. The second kappa shape index (κ2) is 10.3. The van der Waals surface area contributed by atoms with Crippen LogP contribution in [0.3, 0.4) is 0 Å². The van der Waals surface area contributed by atoms with Gasteiger partial charge in [-0.15, -0.1) is 0 Å². The molecule has 9 heteroatoms. The minimum atomic E-state index is -1.55. The van der Waals surface area contributed by atoms with Crippen molar-refractivity contribution < 1.29 is 44.5 Å². The molecule has 1 aliphatic heterocycles. The van der Waals surface area contributed by atoms with Crippen LogP contribution in [0.25, 0.3) is 6.08 Å². The topological polar surface area (TPSA) is 146 Å². The average Bonchev–Trinajstić information content (AvgIpc) is 2.74. The maximum atomic E-state index is 11.9. The molecule has 7 atom stereocenters. The first-order chi connectivity index (χ1) is 14.3. The molecule has 7 unspecified atom stereocenters. The van der Waals surface area contributed by atoms with Crippen molar-refractivity contribution >= 4 is 12.0 Å². The molecule has 1 aromatic rings. The molecule has 5 N–H and O–H groups in total. The van der Waals surface area contributed by atoms with Gasteiger partial charge in [0.25, 0.3) is 0 Å². The number of rotatable bonds is 6. The number of hydrogen-bond donors (Lipinski definition) is 5. The maximum absolute atomic E-state index is 11.9. The molecule has 30 heavy (non-hydrogen) atoms. The molecule has 0 amide bonds. The Balaban J connectivity index is 1.54. The molecule has 9 nitrogen and oxygen atoms in total. The Kier molecular flexibility index (Phi) is 7.81. The van der Waals surface area contributed by atoms with Crippen molar-refractivity contribution in [1.82, 2.24) is 0 Å². The molecule has 166 valence electrons. The van der Waals surface area contributed by atoms with Crippen LogP contribution in [-0.4, -0.2) is 81.0 Å². The molecule has 1 saturated heterocycles. The SMILES string of the molecule is O=C(C=Cc1ccc(O)cc1)OCC1OC(OC2CCCCC2O)C(O)C(O)C1O. The Morgan fingerprint density at radius 2 is 1.73 bits per heavy atom. The van der Waals surface area contributed by atoms with Crippen LogP contribution in [-0.2, 0) is 19.0 Å². The summed E-state index contributed by atoms with van der Waals surface area (Å²) in [5, 5.41) is 49.8.